The van der Waals surface area contributed by atoms with Crippen molar-refractivity contribution in [3.63, 3.8) is 0 Å². The molecule has 2 aromatic heterocycles. The van der Waals surface area contributed by atoms with Crippen LogP contribution in [0.25, 0.3) is 132 Å². The van der Waals surface area contributed by atoms with Crippen LogP contribution in [0.5, 0.6) is 0 Å². The summed E-state index contributed by atoms with van der Waals surface area (Å²) in [7, 11) is 0. The Kier molecular flexibility index (Phi) is 7.43. The Balaban J connectivity index is 0.948. The fourth-order valence-corrected chi connectivity index (χ4v) is 11.0. The third kappa shape index (κ3) is 5.02. The number of hydrogen-bond donors (Lipinski definition) is 0. The topological polar surface area (TPSA) is 9.86 Å². The molecule has 0 unspecified atom stereocenters. The van der Waals surface area contributed by atoms with E-state index in [9.17, 15) is 0 Å². The summed E-state index contributed by atoms with van der Waals surface area (Å²) < 4.78 is 4.94. The number of para-hydroxylation sites is 2. The molecular formula is C62H38N2. The van der Waals surface area contributed by atoms with Gasteiger partial charge in [0, 0.05) is 38.2 Å². The molecule has 2 heteroatoms. The molecule has 0 radical (unpaired) electrons. The molecule has 14 rings (SSSR count). The highest BCUT2D eigenvalue weighted by molar-refractivity contribution is 6.21. The van der Waals surface area contributed by atoms with E-state index in [0.29, 0.717) is 0 Å². The van der Waals surface area contributed by atoms with Crippen molar-refractivity contribution in [2.45, 2.75) is 0 Å². The Morgan fingerprint density at radius 3 is 1.66 bits per heavy atom. The van der Waals surface area contributed by atoms with Crippen LogP contribution in [0.3, 0.4) is 0 Å². The lowest BCUT2D eigenvalue weighted by molar-refractivity contribution is 1.18. The third-order valence-corrected chi connectivity index (χ3v) is 13.9. The average molecular weight is 811 g/mol. The fraction of sp³-hybridized carbons (Fsp3) is 0. The zero-order chi connectivity index (χ0) is 41.9. The van der Waals surface area contributed by atoms with Gasteiger partial charge in [-0.05, 0) is 115 Å². The molecule has 0 saturated carbocycles. The van der Waals surface area contributed by atoms with Gasteiger partial charge in [-0.1, -0.05) is 182 Å². The van der Waals surface area contributed by atoms with E-state index in [2.05, 4.69) is 240 Å². The van der Waals surface area contributed by atoms with Crippen LogP contribution in [-0.4, -0.2) is 9.13 Å². The van der Waals surface area contributed by atoms with E-state index in [1.54, 1.807) is 0 Å². The first kappa shape index (κ1) is 35.2. The number of aromatic nitrogens is 2. The van der Waals surface area contributed by atoms with Gasteiger partial charge in [-0.15, -0.1) is 0 Å². The zero-order valence-corrected chi connectivity index (χ0v) is 34.8. The van der Waals surface area contributed by atoms with Crippen molar-refractivity contribution in [2.24, 2.45) is 0 Å². The molecule has 0 bridgehead atoms. The first-order valence-electron chi connectivity index (χ1n) is 22.2. The highest BCUT2D eigenvalue weighted by Crippen LogP contribution is 2.50. The number of nitrogens with zero attached hydrogens (tertiary/aromatic N) is 2. The SMILES string of the molecule is c1ccc(-c2ccccc2-n2c3ccccc3c3cc(-c4ccc5c(c4)c4ccc6ccccc6c4n5-c4cccc(-c5ccc6c7c(cccc57)-c5ccccc5-6)c4)ccc32)cc1. The minimum absolute atomic E-state index is 1.15. The normalized spacial score (nSPS) is 12.1. The third-order valence-electron chi connectivity index (χ3n) is 13.9. The lowest BCUT2D eigenvalue weighted by Gasteiger charge is -2.14. The summed E-state index contributed by atoms with van der Waals surface area (Å²) in [6.45, 7) is 0. The Hall–Kier alpha value is -8.46. The highest BCUT2D eigenvalue weighted by Gasteiger charge is 2.23. The number of rotatable bonds is 5. The molecule has 1 aliphatic rings. The molecule has 0 amide bonds. The summed E-state index contributed by atoms with van der Waals surface area (Å²) in [6, 6.07) is 85.2. The molecule has 0 atom stereocenters. The number of hydrogen-bond acceptors (Lipinski definition) is 0. The minimum atomic E-state index is 1.15. The van der Waals surface area contributed by atoms with Gasteiger partial charge in [0.15, 0.2) is 0 Å². The predicted molar refractivity (Wildman–Crippen MR) is 271 cm³/mol. The van der Waals surface area contributed by atoms with Crippen molar-refractivity contribution < 1.29 is 0 Å². The smallest absolute Gasteiger partial charge is 0.0619 e. The Morgan fingerprint density at radius 2 is 0.828 bits per heavy atom. The molecule has 2 heterocycles. The van der Waals surface area contributed by atoms with Crippen molar-refractivity contribution in [1.29, 1.82) is 0 Å². The molecule has 0 fully saturated rings. The second kappa shape index (κ2) is 13.5. The minimum Gasteiger partial charge on any atom is -0.309 e. The molecule has 0 N–H and O–H groups in total. The maximum Gasteiger partial charge on any atom is 0.0619 e. The standard InChI is InChI=1S/C62H38N2/c1-2-14-39(15-3-1)46-19-8-10-26-57(46)64-58-27-11-9-23-50(58)55-37-41(30-35-60(55)64)42-29-34-59-56(38-42)54-31-28-40-16-4-5-20-47(40)62(54)63(59)44-18-12-17-43(36-44)45-32-33-53-49-22-7-6-21-48(49)52-25-13-24-51(45)61(52)53/h1-38H. The van der Waals surface area contributed by atoms with Gasteiger partial charge in [0.2, 0.25) is 0 Å². The van der Waals surface area contributed by atoms with E-state index in [0.717, 1.165) is 5.69 Å². The van der Waals surface area contributed by atoms with Crippen LogP contribution in [0.15, 0.2) is 231 Å². The van der Waals surface area contributed by atoms with Crippen LogP contribution in [0, 0.1) is 0 Å². The lowest BCUT2D eigenvalue weighted by Crippen LogP contribution is -1.97. The van der Waals surface area contributed by atoms with E-state index in [4.69, 9.17) is 0 Å². The quantitative estimate of drug-likeness (QED) is 0.164. The van der Waals surface area contributed by atoms with E-state index >= 15 is 0 Å². The number of fused-ring (bicyclic) bond motifs is 11. The van der Waals surface area contributed by atoms with Crippen LogP contribution < -0.4 is 0 Å². The molecule has 11 aromatic carbocycles. The Morgan fingerprint density at radius 1 is 0.250 bits per heavy atom. The van der Waals surface area contributed by atoms with Gasteiger partial charge in [-0.2, -0.15) is 0 Å². The van der Waals surface area contributed by atoms with E-state index < -0.39 is 0 Å². The fourth-order valence-electron chi connectivity index (χ4n) is 11.0. The van der Waals surface area contributed by atoms with Gasteiger partial charge in [0.1, 0.15) is 0 Å². The molecule has 64 heavy (non-hydrogen) atoms. The first-order chi connectivity index (χ1) is 31.8. The monoisotopic (exact) mass is 810 g/mol. The molecular weight excluding hydrogens is 773 g/mol. The molecule has 2 nitrogen and oxygen atoms in total. The molecule has 1 aliphatic carbocycles. The Bertz CT molecular complexity index is 4040. The van der Waals surface area contributed by atoms with Gasteiger partial charge in [-0.3, -0.25) is 0 Å². The molecule has 0 aliphatic heterocycles. The first-order valence-corrected chi connectivity index (χ1v) is 22.2. The van der Waals surface area contributed by atoms with Gasteiger partial charge >= 0.3 is 0 Å². The van der Waals surface area contributed by atoms with Crippen LogP contribution in [0.2, 0.25) is 0 Å². The zero-order valence-electron chi connectivity index (χ0n) is 34.8. The van der Waals surface area contributed by atoms with Crippen LogP contribution in [0.4, 0.5) is 0 Å². The van der Waals surface area contributed by atoms with Gasteiger partial charge in [0.25, 0.3) is 0 Å². The number of benzene rings is 11. The van der Waals surface area contributed by atoms with Crippen molar-refractivity contribution >= 4 is 65.2 Å². The summed E-state index contributed by atoms with van der Waals surface area (Å²) in [5.74, 6) is 0. The summed E-state index contributed by atoms with van der Waals surface area (Å²) in [4.78, 5) is 0. The van der Waals surface area contributed by atoms with Gasteiger partial charge < -0.3 is 9.13 Å². The maximum atomic E-state index is 2.50. The van der Waals surface area contributed by atoms with Gasteiger partial charge in [-0.25, -0.2) is 0 Å². The summed E-state index contributed by atoms with van der Waals surface area (Å²) >= 11 is 0. The van der Waals surface area contributed by atoms with E-state index in [-0.39, 0.29) is 0 Å². The van der Waals surface area contributed by atoms with Crippen LogP contribution in [0.1, 0.15) is 0 Å². The van der Waals surface area contributed by atoms with Crippen molar-refractivity contribution in [3.05, 3.63) is 231 Å². The maximum absolute atomic E-state index is 2.50. The van der Waals surface area contributed by atoms with E-state index in [1.165, 1.54) is 126 Å². The second-order valence-electron chi connectivity index (χ2n) is 17.2. The van der Waals surface area contributed by atoms with Crippen LogP contribution in [-0.2, 0) is 0 Å². The molecule has 0 saturated heterocycles. The molecule has 0 spiro atoms. The second-order valence-corrected chi connectivity index (χ2v) is 17.2. The van der Waals surface area contributed by atoms with Crippen molar-refractivity contribution in [2.75, 3.05) is 0 Å². The van der Waals surface area contributed by atoms with Gasteiger partial charge in [0.05, 0.1) is 27.8 Å². The summed E-state index contributed by atoms with van der Waals surface area (Å²) in [6.07, 6.45) is 0. The van der Waals surface area contributed by atoms with Crippen LogP contribution >= 0.6 is 0 Å². The Labute approximate surface area is 370 Å². The highest BCUT2D eigenvalue weighted by atomic mass is 15.0. The van der Waals surface area contributed by atoms with Crippen molar-refractivity contribution in [3.8, 4) is 67.0 Å². The summed E-state index contributed by atoms with van der Waals surface area (Å²) in [5, 5.41) is 10.1. The molecule has 296 valence electrons. The lowest BCUT2D eigenvalue weighted by atomic mass is 9.94. The largest absolute Gasteiger partial charge is 0.309 e. The average Bonchev–Trinajstić information content (AvgIpc) is 4.00. The van der Waals surface area contributed by atoms with E-state index in [1.807, 2.05) is 0 Å². The predicted octanol–water partition coefficient (Wildman–Crippen LogP) is 16.8. The summed E-state index contributed by atoms with van der Waals surface area (Å²) in [5.41, 5.74) is 19.7. The molecule has 13 aromatic rings. The van der Waals surface area contributed by atoms with Crippen molar-refractivity contribution in [1.82, 2.24) is 9.13 Å².